The van der Waals surface area contributed by atoms with E-state index in [4.69, 9.17) is 0 Å². The van der Waals surface area contributed by atoms with E-state index in [0.717, 1.165) is 0 Å². The van der Waals surface area contributed by atoms with Gasteiger partial charge in [-0.2, -0.15) is 0 Å². The van der Waals surface area contributed by atoms with Gasteiger partial charge in [0.25, 0.3) is 0 Å². The minimum atomic E-state index is -2.09. The Hall–Kier alpha value is 0.175. The Bertz CT molecular complexity index is 925. The third kappa shape index (κ3) is 4.52. The van der Waals surface area contributed by atoms with Crippen LogP contribution in [0, 0.1) is 0 Å². The molecule has 0 radical (unpaired) electrons. The molecule has 0 fully saturated rings. The topological polar surface area (TPSA) is 0 Å². The van der Waals surface area contributed by atoms with Crippen LogP contribution >= 0.6 is 0 Å². The Morgan fingerprint density at radius 3 is 0.722 bits per heavy atom. The maximum atomic E-state index is 2.95. The zero-order valence-corrected chi connectivity index (χ0v) is 34.8. The van der Waals surface area contributed by atoms with Gasteiger partial charge in [-0.3, -0.25) is 0 Å². The molecule has 0 aliphatic rings. The summed E-state index contributed by atoms with van der Waals surface area (Å²) >= 11 is 0. The normalized spacial score (nSPS) is 15.2. The number of rotatable bonds is 9. The van der Waals surface area contributed by atoms with Crippen LogP contribution in [0.25, 0.3) is 0 Å². The highest BCUT2D eigenvalue weighted by molar-refractivity contribution is 8.29. The van der Waals surface area contributed by atoms with Crippen molar-refractivity contribution < 1.29 is 0 Å². The van der Waals surface area contributed by atoms with E-state index in [9.17, 15) is 0 Å². The fraction of sp³-hybridized carbons (Fsp3) is 0.571. The third-order valence-corrected chi connectivity index (χ3v) is 225. The highest BCUT2D eigenvalue weighted by Gasteiger charge is 2.82. The summed E-state index contributed by atoms with van der Waals surface area (Å²) in [5, 5.41) is 3.55. The average Bonchev–Trinajstić information content (AvgIpc) is 2.67. The maximum absolute atomic E-state index is 2.95. The highest BCUT2D eigenvalue weighted by Crippen LogP contribution is 2.53. The molecule has 0 saturated carbocycles. The molecule has 0 aliphatic carbocycles. The van der Waals surface area contributed by atoms with E-state index in [1.165, 1.54) is 0 Å². The minimum Gasteiger partial charge on any atom is -0.0721 e. The molecule has 2 aromatic rings. The van der Waals surface area contributed by atoms with Crippen LogP contribution in [-0.4, -0.2) is 57.8 Å². The smallest absolute Gasteiger partial charge is 0.0721 e. The molecule has 0 bridgehead atoms. The average molecular weight is 619 g/mol. The molecule has 8 heteroatoms. The second-order valence-corrected chi connectivity index (χ2v) is 107. The summed E-state index contributed by atoms with van der Waals surface area (Å²) in [6.07, 6.45) is -3.59. The van der Waals surface area contributed by atoms with Crippen LogP contribution in [0.2, 0.25) is 105 Å². The summed E-state index contributed by atoms with van der Waals surface area (Å²) < 4.78 is 0. The lowest BCUT2D eigenvalue weighted by Crippen LogP contribution is -3.10. The monoisotopic (exact) mass is 618 g/mol. The van der Waals surface area contributed by atoms with Crippen molar-refractivity contribution >= 4 is 68.2 Å². The summed E-state index contributed by atoms with van der Waals surface area (Å²) in [7, 11) is -9.84. The van der Waals surface area contributed by atoms with Gasteiger partial charge in [-0.25, -0.2) is 0 Å². The van der Waals surface area contributed by atoms with E-state index in [1.807, 2.05) is 0 Å². The van der Waals surface area contributed by atoms with Gasteiger partial charge in [0.05, 0.1) is 0 Å². The van der Waals surface area contributed by atoms with Crippen molar-refractivity contribution in [1.82, 2.24) is 0 Å². The van der Waals surface area contributed by atoms with Gasteiger partial charge in [-0.1, -0.05) is 176 Å². The number of benzene rings is 2. The quantitative estimate of drug-likeness (QED) is 0.250. The molecule has 36 heavy (non-hydrogen) atoms. The summed E-state index contributed by atoms with van der Waals surface area (Å²) in [6, 6.07) is 24.4. The molecule has 0 N–H and O–H groups in total. The van der Waals surface area contributed by atoms with Crippen LogP contribution in [0.1, 0.15) is 0 Å². The van der Waals surface area contributed by atoms with Crippen LogP contribution in [0.15, 0.2) is 60.7 Å². The van der Waals surface area contributed by atoms with E-state index in [-0.39, 0.29) is 0 Å². The molecule has 2 rings (SSSR count). The Labute approximate surface area is 232 Å². The SMILES string of the molecule is C[Si](C)(C)[Si]([Si](C)(C)C)([Si](C)(C)C)[Si]([Si](C)(C)C)([Si](C)(C)C)[Si](C)(c1ccccc1)c1ccccc1. The number of hydrogen-bond acceptors (Lipinski definition) is 0. The van der Waals surface area contributed by atoms with Gasteiger partial charge in [0.15, 0.2) is 0 Å². The van der Waals surface area contributed by atoms with Crippen LogP contribution in [0.3, 0.4) is 0 Å². The lowest BCUT2D eigenvalue weighted by atomic mass is 10.4. The largest absolute Gasteiger partial charge is 0.100 e. The van der Waals surface area contributed by atoms with Crippen molar-refractivity contribution in [3.8, 4) is 0 Å². The predicted molar refractivity (Wildman–Crippen MR) is 192 cm³/mol. The van der Waals surface area contributed by atoms with Crippen molar-refractivity contribution in [3.63, 3.8) is 0 Å². The molecule has 202 valence electrons. The van der Waals surface area contributed by atoms with E-state index < -0.39 is 57.8 Å². The molecule has 0 amide bonds. The summed E-state index contributed by atoms with van der Waals surface area (Å²) in [5.74, 6) is 0. The fourth-order valence-electron chi connectivity index (χ4n) is 11.3. The van der Waals surface area contributed by atoms with Gasteiger partial charge in [0.1, 0.15) is 7.59 Å². The first kappa shape index (κ1) is 32.4. The van der Waals surface area contributed by atoms with Crippen LogP contribution in [-0.2, 0) is 0 Å². The summed E-state index contributed by atoms with van der Waals surface area (Å²) in [5.41, 5.74) is 0. The first-order valence-electron chi connectivity index (χ1n) is 14.1. The molecular weight excluding hydrogens is 561 g/mol. The van der Waals surface area contributed by atoms with Gasteiger partial charge < -0.3 is 0 Å². The van der Waals surface area contributed by atoms with E-state index in [1.54, 1.807) is 10.4 Å². The Morgan fingerprint density at radius 1 is 0.306 bits per heavy atom. The third-order valence-electron chi connectivity index (χ3n) is 9.64. The maximum Gasteiger partial charge on any atom is 0.100 e. The molecule has 0 spiro atoms. The molecule has 0 nitrogen and oxygen atoms in total. The molecular formula is C28H58Si8. The minimum absolute atomic E-state index is 1.51. The molecule has 0 aromatic heterocycles. The molecule has 0 aliphatic heterocycles. The van der Waals surface area contributed by atoms with Crippen molar-refractivity contribution in [1.29, 1.82) is 0 Å². The Kier molecular flexibility index (Phi) is 8.97. The summed E-state index contributed by atoms with van der Waals surface area (Å²) in [6.45, 7) is 46.4. The van der Waals surface area contributed by atoms with Gasteiger partial charge in [0.2, 0.25) is 0 Å². The zero-order chi connectivity index (χ0) is 28.2. The lowest BCUT2D eigenvalue weighted by molar-refractivity contribution is 1.69. The van der Waals surface area contributed by atoms with E-state index in [0.29, 0.717) is 0 Å². The van der Waals surface area contributed by atoms with Crippen LogP contribution in [0.5, 0.6) is 0 Å². The molecule has 0 unspecified atom stereocenters. The lowest BCUT2D eigenvalue weighted by Gasteiger charge is -2.77. The van der Waals surface area contributed by atoms with E-state index in [2.05, 4.69) is 165 Å². The fourth-order valence-corrected chi connectivity index (χ4v) is 437. The summed E-state index contributed by atoms with van der Waals surface area (Å²) in [4.78, 5) is 0. The molecule has 0 saturated heterocycles. The Morgan fingerprint density at radius 2 is 0.528 bits per heavy atom. The molecule has 0 atom stereocenters. The second kappa shape index (κ2) is 9.98. The zero-order valence-electron chi connectivity index (χ0n) is 26.8. The van der Waals surface area contributed by atoms with Gasteiger partial charge in [-0.05, 0) is 0 Å². The van der Waals surface area contributed by atoms with Gasteiger partial charge >= 0.3 is 0 Å². The first-order chi connectivity index (χ1) is 16.0. The Balaban J connectivity index is 3.56. The van der Waals surface area contributed by atoms with Crippen molar-refractivity contribution in [2.75, 3.05) is 0 Å². The molecule has 2 aromatic carbocycles. The van der Waals surface area contributed by atoms with E-state index >= 15 is 0 Å². The van der Waals surface area contributed by atoms with Crippen LogP contribution < -0.4 is 10.4 Å². The van der Waals surface area contributed by atoms with Crippen molar-refractivity contribution in [3.05, 3.63) is 60.7 Å². The predicted octanol–water partition coefficient (Wildman–Crippen LogP) is 8.02. The van der Waals surface area contributed by atoms with Gasteiger partial charge in [0, 0.05) is 50.2 Å². The number of hydrogen-bond donors (Lipinski definition) is 0. The first-order valence-corrected chi connectivity index (χ1v) is 45.1. The second-order valence-electron chi connectivity index (χ2n) is 16.6. The van der Waals surface area contributed by atoms with Crippen LogP contribution in [0.4, 0.5) is 0 Å². The van der Waals surface area contributed by atoms with Crippen molar-refractivity contribution in [2.24, 2.45) is 0 Å². The van der Waals surface area contributed by atoms with Crippen molar-refractivity contribution in [2.45, 2.75) is 105 Å². The van der Waals surface area contributed by atoms with Gasteiger partial charge in [-0.15, -0.1) is 0 Å². The molecule has 0 heterocycles. The standard InChI is InChI=1S/C28H58Si8/c1-29(2,3)35(30(4,5)6,31(7,8)9)36(32(10,11)12,33(13,14)15)34(16,27-23-19-17-20-24-27)28-25-21-18-22-26-28/h17-26H,1-16H3. The highest BCUT2D eigenvalue weighted by atomic mass is 30.5.